The maximum Gasteiger partial charge on any atom is 0.261 e. The first-order chi connectivity index (χ1) is 8.11. The number of hydrogen-bond acceptors (Lipinski definition) is 3. The molecule has 90 valence electrons. The molecule has 0 saturated carbocycles. The molecule has 1 aromatic carbocycles. The van der Waals surface area contributed by atoms with Crippen molar-refractivity contribution in [1.29, 1.82) is 5.26 Å². The van der Waals surface area contributed by atoms with Crippen molar-refractivity contribution >= 4 is 11.6 Å². The molecule has 0 bridgehead atoms. The molecule has 0 aromatic heterocycles. The summed E-state index contributed by atoms with van der Waals surface area (Å²) in [6.07, 6.45) is -2.59. The van der Waals surface area contributed by atoms with Crippen molar-refractivity contribution in [3.05, 3.63) is 29.8 Å². The van der Waals surface area contributed by atoms with Crippen molar-refractivity contribution in [2.45, 2.75) is 6.43 Å². The Morgan fingerprint density at radius 3 is 2.94 bits per heavy atom. The largest absolute Gasteiger partial charge is 0.366 e. The van der Waals surface area contributed by atoms with Gasteiger partial charge in [0.1, 0.15) is 13.2 Å². The van der Waals surface area contributed by atoms with Crippen molar-refractivity contribution in [3.63, 3.8) is 0 Å². The Kier molecular flexibility index (Phi) is 5.04. The highest BCUT2D eigenvalue weighted by molar-refractivity contribution is 5.91. The molecule has 0 fully saturated rings. The summed E-state index contributed by atoms with van der Waals surface area (Å²) in [5, 5.41) is 11.1. The van der Waals surface area contributed by atoms with Gasteiger partial charge in [0.05, 0.1) is 11.6 Å². The highest BCUT2D eigenvalue weighted by atomic mass is 19.3. The summed E-state index contributed by atoms with van der Waals surface area (Å²) in [5.41, 5.74) is 0.825. The lowest BCUT2D eigenvalue weighted by Crippen LogP contribution is -2.20. The van der Waals surface area contributed by atoms with Crippen LogP contribution in [0.4, 0.5) is 14.5 Å². The van der Waals surface area contributed by atoms with Crippen molar-refractivity contribution < 1.29 is 18.3 Å². The summed E-state index contributed by atoms with van der Waals surface area (Å²) in [5.74, 6) is -0.541. The van der Waals surface area contributed by atoms with Crippen LogP contribution in [0.3, 0.4) is 0 Å². The van der Waals surface area contributed by atoms with Gasteiger partial charge in [-0.1, -0.05) is 6.07 Å². The Bertz CT molecular complexity index is 430. The Morgan fingerprint density at radius 2 is 2.29 bits per heavy atom. The predicted molar refractivity (Wildman–Crippen MR) is 56.6 cm³/mol. The molecule has 0 spiro atoms. The number of hydrogen-bond donors (Lipinski definition) is 1. The third-order valence-corrected chi connectivity index (χ3v) is 1.75. The second-order valence-corrected chi connectivity index (χ2v) is 3.15. The van der Waals surface area contributed by atoms with E-state index in [0.29, 0.717) is 11.3 Å². The van der Waals surface area contributed by atoms with Gasteiger partial charge in [0.25, 0.3) is 6.43 Å². The van der Waals surface area contributed by atoms with Crippen molar-refractivity contribution in [2.24, 2.45) is 0 Å². The molecule has 0 aliphatic carbocycles. The van der Waals surface area contributed by atoms with Gasteiger partial charge in [-0.05, 0) is 18.2 Å². The lowest BCUT2D eigenvalue weighted by atomic mass is 10.2. The Labute approximate surface area is 96.8 Å². The van der Waals surface area contributed by atoms with Crippen LogP contribution in [0.2, 0.25) is 0 Å². The SMILES string of the molecule is N#Cc1cccc(NC(=O)COCC(F)F)c1. The van der Waals surface area contributed by atoms with E-state index in [0.717, 1.165) is 0 Å². The maximum atomic E-state index is 11.7. The van der Waals surface area contributed by atoms with E-state index in [4.69, 9.17) is 5.26 Å². The molecule has 0 aliphatic rings. The van der Waals surface area contributed by atoms with Gasteiger partial charge in [0.15, 0.2) is 0 Å². The summed E-state index contributed by atoms with van der Waals surface area (Å²) in [7, 11) is 0. The van der Waals surface area contributed by atoms with Gasteiger partial charge in [-0.3, -0.25) is 4.79 Å². The van der Waals surface area contributed by atoms with E-state index in [9.17, 15) is 13.6 Å². The fraction of sp³-hybridized carbons (Fsp3) is 0.273. The molecule has 1 N–H and O–H groups in total. The zero-order valence-electron chi connectivity index (χ0n) is 8.82. The molecule has 0 saturated heterocycles. The van der Waals surface area contributed by atoms with Gasteiger partial charge in [-0.15, -0.1) is 0 Å². The lowest BCUT2D eigenvalue weighted by Gasteiger charge is -2.06. The maximum absolute atomic E-state index is 11.7. The number of benzene rings is 1. The number of nitrogens with zero attached hydrogens (tertiary/aromatic N) is 1. The minimum Gasteiger partial charge on any atom is -0.366 e. The monoisotopic (exact) mass is 240 g/mol. The smallest absolute Gasteiger partial charge is 0.261 e. The van der Waals surface area contributed by atoms with E-state index >= 15 is 0 Å². The van der Waals surface area contributed by atoms with E-state index in [1.807, 2.05) is 6.07 Å². The third kappa shape index (κ3) is 5.04. The molecular weight excluding hydrogens is 230 g/mol. The summed E-state index contributed by atoms with van der Waals surface area (Å²) < 4.78 is 27.9. The first-order valence-corrected chi connectivity index (χ1v) is 4.77. The average molecular weight is 240 g/mol. The van der Waals surface area contributed by atoms with E-state index in [1.165, 1.54) is 6.07 Å². The topological polar surface area (TPSA) is 62.1 Å². The van der Waals surface area contributed by atoms with Crippen LogP contribution in [0.1, 0.15) is 5.56 Å². The van der Waals surface area contributed by atoms with E-state index in [1.54, 1.807) is 18.2 Å². The fourth-order valence-corrected chi connectivity index (χ4v) is 1.10. The average Bonchev–Trinajstić information content (AvgIpc) is 2.28. The van der Waals surface area contributed by atoms with Crippen LogP contribution < -0.4 is 5.32 Å². The summed E-state index contributed by atoms with van der Waals surface area (Å²) in [4.78, 5) is 11.2. The van der Waals surface area contributed by atoms with E-state index in [-0.39, 0.29) is 0 Å². The zero-order valence-corrected chi connectivity index (χ0v) is 8.82. The number of anilines is 1. The van der Waals surface area contributed by atoms with E-state index < -0.39 is 25.5 Å². The first kappa shape index (κ1) is 13.1. The standard InChI is InChI=1S/C11H10F2N2O2/c12-10(13)6-17-7-11(16)15-9-3-1-2-8(4-9)5-14/h1-4,10H,6-7H2,(H,15,16). The number of rotatable bonds is 5. The quantitative estimate of drug-likeness (QED) is 0.853. The van der Waals surface area contributed by atoms with Crippen LogP contribution in [-0.4, -0.2) is 25.5 Å². The first-order valence-electron chi connectivity index (χ1n) is 4.77. The number of nitriles is 1. The van der Waals surface area contributed by atoms with Gasteiger partial charge < -0.3 is 10.1 Å². The molecule has 1 rings (SSSR count). The number of amides is 1. The van der Waals surface area contributed by atoms with Crippen molar-refractivity contribution in [2.75, 3.05) is 18.5 Å². The molecule has 0 radical (unpaired) electrons. The van der Waals surface area contributed by atoms with Crippen LogP contribution in [0.15, 0.2) is 24.3 Å². The molecule has 17 heavy (non-hydrogen) atoms. The lowest BCUT2D eigenvalue weighted by molar-refractivity contribution is -0.121. The van der Waals surface area contributed by atoms with Gasteiger partial charge in [0, 0.05) is 5.69 Å². The van der Waals surface area contributed by atoms with Crippen LogP contribution in [0, 0.1) is 11.3 Å². The van der Waals surface area contributed by atoms with Gasteiger partial charge in [-0.2, -0.15) is 5.26 Å². The highest BCUT2D eigenvalue weighted by Crippen LogP contribution is 2.09. The molecule has 0 atom stereocenters. The molecule has 6 heteroatoms. The Balaban J connectivity index is 2.43. The second-order valence-electron chi connectivity index (χ2n) is 3.15. The van der Waals surface area contributed by atoms with Gasteiger partial charge >= 0.3 is 0 Å². The number of nitrogens with one attached hydrogen (secondary N) is 1. The minimum atomic E-state index is -2.59. The molecule has 0 heterocycles. The molecule has 1 aromatic rings. The Morgan fingerprint density at radius 1 is 1.53 bits per heavy atom. The number of ether oxygens (including phenoxy) is 1. The predicted octanol–water partition coefficient (Wildman–Crippen LogP) is 1.78. The van der Waals surface area contributed by atoms with Crippen LogP contribution in [-0.2, 0) is 9.53 Å². The molecular formula is C11H10F2N2O2. The molecule has 0 aliphatic heterocycles. The zero-order chi connectivity index (χ0) is 12.7. The third-order valence-electron chi connectivity index (χ3n) is 1.75. The molecule has 4 nitrogen and oxygen atoms in total. The highest BCUT2D eigenvalue weighted by Gasteiger charge is 2.06. The van der Waals surface area contributed by atoms with Crippen LogP contribution in [0.5, 0.6) is 0 Å². The number of carbonyl (C=O) groups is 1. The van der Waals surface area contributed by atoms with Crippen LogP contribution >= 0.6 is 0 Å². The number of carbonyl (C=O) groups excluding carboxylic acids is 1. The normalized spacial score (nSPS) is 10.0. The Hall–Kier alpha value is -2.00. The summed E-state index contributed by atoms with van der Waals surface area (Å²) >= 11 is 0. The number of alkyl halides is 2. The van der Waals surface area contributed by atoms with Crippen LogP contribution in [0.25, 0.3) is 0 Å². The second kappa shape index (κ2) is 6.55. The van der Waals surface area contributed by atoms with Crippen molar-refractivity contribution in [3.8, 4) is 6.07 Å². The number of halogens is 2. The summed E-state index contributed by atoms with van der Waals surface area (Å²) in [6.45, 7) is -1.22. The molecule has 1 amide bonds. The molecule has 0 unspecified atom stereocenters. The van der Waals surface area contributed by atoms with Crippen molar-refractivity contribution in [1.82, 2.24) is 0 Å². The van der Waals surface area contributed by atoms with E-state index in [2.05, 4.69) is 10.1 Å². The minimum absolute atomic E-state index is 0.399. The van der Waals surface area contributed by atoms with Gasteiger partial charge in [-0.25, -0.2) is 8.78 Å². The fourth-order valence-electron chi connectivity index (χ4n) is 1.10. The van der Waals surface area contributed by atoms with Gasteiger partial charge in [0.2, 0.25) is 5.91 Å². The summed E-state index contributed by atoms with van der Waals surface area (Å²) in [6, 6.07) is 8.17.